The number of thioether (sulfide) groups is 1. The number of rotatable bonds is 5. The number of aliphatic hydroxyl groups is 5. The lowest BCUT2D eigenvalue weighted by Crippen LogP contribution is -2.51. The van der Waals surface area contributed by atoms with Gasteiger partial charge in [-0.15, -0.1) is 11.8 Å². The molecule has 0 aliphatic carbocycles. The van der Waals surface area contributed by atoms with Crippen molar-refractivity contribution in [2.45, 2.75) is 29.8 Å². The smallest absolute Gasteiger partial charge is 0.111 e. The Morgan fingerprint density at radius 3 is 2.33 bits per heavy atom. The number of hydrogen-bond acceptors (Lipinski definition) is 7. The second-order valence-electron chi connectivity index (χ2n) is 3.47. The summed E-state index contributed by atoms with van der Waals surface area (Å²) >= 11 is 1.44. The molecule has 1 heterocycles. The Bertz CT molecular complexity index is 190. The van der Waals surface area contributed by atoms with E-state index in [1.54, 1.807) is 0 Å². The number of aliphatic hydroxyl groups excluding tert-OH is 5. The lowest BCUT2D eigenvalue weighted by molar-refractivity contribution is -0.115. The number of nitrogens with one attached hydrogen (secondary N) is 1. The molecular formula is C8H17NO5S. The summed E-state index contributed by atoms with van der Waals surface area (Å²) in [6, 6.07) is 0. The molecule has 0 unspecified atom stereocenters. The van der Waals surface area contributed by atoms with Gasteiger partial charge in [-0.1, -0.05) is 0 Å². The molecule has 0 radical (unpaired) electrons. The third-order valence-corrected chi connectivity index (χ3v) is 3.58. The summed E-state index contributed by atoms with van der Waals surface area (Å²) < 4.78 is 0. The van der Waals surface area contributed by atoms with Crippen molar-refractivity contribution in [3.8, 4) is 0 Å². The number of hydrogen-bond donors (Lipinski definition) is 6. The molecule has 0 aromatic rings. The van der Waals surface area contributed by atoms with Gasteiger partial charge in [-0.05, 0) is 0 Å². The highest BCUT2D eigenvalue weighted by molar-refractivity contribution is 8.00. The highest BCUT2D eigenvalue weighted by atomic mass is 32.2. The quantitative estimate of drug-likeness (QED) is 0.305. The molecule has 7 heteroatoms. The predicted octanol–water partition coefficient (Wildman–Crippen LogP) is -2.92. The van der Waals surface area contributed by atoms with Gasteiger partial charge in [0.1, 0.15) is 24.4 Å². The van der Waals surface area contributed by atoms with Gasteiger partial charge in [0, 0.05) is 12.3 Å². The molecule has 6 nitrogen and oxygen atoms in total. The van der Waals surface area contributed by atoms with Crippen LogP contribution in [0.2, 0.25) is 0 Å². The van der Waals surface area contributed by atoms with Gasteiger partial charge in [-0.2, -0.15) is 0 Å². The average Bonchev–Trinajstić information content (AvgIpc) is 2.78. The van der Waals surface area contributed by atoms with Crippen LogP contribution in [0.4, 0.5) is 0 Å². The van der Waals surface area contributed by atoms with Crippen LogP contribution in [0.15, 0.2) is 0 Å². The molecule has 6 N–H and O–H groups in total. The zero-order valence-corrected chi connectivity index (χ0v) is 8.97. The van der Waals surface area contributed by atoms with E-state index in [0.29, 0.717) is 0 Å². The first-order chi connectivity index (χ1) is 7.07. The molecule has 1 aliphatic rings. The maximum Gasteiger partial charge on any atom is 0.111 e. The molecule has 15 heavy (non-hydrogen) atoms. The molecule has 1 rings (SSSR count). The minimum Gasteiger partial charge on any atom is -0.394 e. The lowest BCUT2D eigenvalue weighted by Gasteiger charge is -2.28. The zero-order chi connectivity index (χ0) is 11.4. The molecule has 5 atom stereocenters. The van der Waals surface area contributed by atoms with E-state index < -0.39 is 31.0 Å². The van der Waals surface area contributed by atoms with E-state index in [2.05, 4.69) is 5.32 Å². The molecule has 1 aliphatic heterocycles. The topological polar surface area (TPSA) is 113 Å². The summed E-state index contributed by atoms with van der Waals surface area (Å²) in [6.07, 6.45) is -5.64. The Kier molecular flexibility index (Phi) is 5.27. The van der Waals surface area contributed by atoms with Crippen LogP contribution in [0.1, 0.15) is 0 Å². The zero-order valence-electron chi connectivity index (χ0n) is 8.15. The van der Waals surface area contributed by atoms with Gasteiger partial charge >= 0.3 is 0 Å². The molecule has 1 saturated heterocycles. The van der Waals surface area contributed by atoms with Crippen LogP contribution in [0, 0.1) is 0 Å². The third-order valence-electron chi connectivity index (χ3n) is 2.34. The third kappa shape index (κ3) is 3.28. The maximum atomic E-state index is 9.65. The van der Waals surface area contributed by atoms with Crippen molar-refractivity contribution < 1.29 is 25.5 Å². The van der Waals surface area contributed by atoms with E-state index >= 15 is 0 Å². The summed E-state index contributed by atoms with van der Waals surface area (Å²) in [5, 5.41) is 48.8. The molecule has 0 saturated carbocycles. The highest BCUT2D eigenvalue weighted by Crippen LogP contribution is 2.20. The Balaban J connectivity index is 2.46. The molecule has 90 valence electrons. The monoisotopic (exact) mass is 239 g/mol. The average molecular weight is 239 g/mol. The van der Waals surface area contributed by atoms with E-state index in [1.165, 1.54) is 11.8 Å². The standard InChI is InChI=1S/C8H17NO5S/c10-3-4(11)5(12)6(13)7(14)8-9-1-2-15-8/h4-14H,1-3H2/t4-,5+,6+,7-,8+/m1/s1. The Hall–Kier alpha value is 0.110. The van der Waals surface area contributed by atoms with Crippen LogP contribution in [-0.2, 0) is 0 Å². The van der Waals surface area contributed by atoms with Crippen molar-refractivity contribution >= 4 is 11.8 Å². The SMILES string of the molecule is OC[C@@H](O)[C@H](O)[C@H](O)[C@@H](O)[C@H]1NCCS1. The van der Waals surface area contributed by atoms with Crippen molar-refractivity contribution in [1.29, 1.82) is 0 Å². The van der Waals surface area contributed by atoms with Crippen molar-refractivity contribution in [1.82, 2.24) is 5.32 Å². The normalized spacial score (nSPS) is 29.8. The molecule has 1 fully saturated rings. The fourth-order valence-electron chi connectivity index (χ4n) is 1.38. The first kappa shape index (κ1) is 13.2. The van der Waals surface area contributed by atoms with Gasteiger partial charge in [0.2, 0.25) is 0 Å². The van der Waals surface area contributed by atoms with E-state index in [4.69, 9.17) is 10.2 Å². The maximum absolute atomic E-state index is 9.65. The summed E-state index contributed by atoms with van der Waals surface area (Å²) in [6.45, 7) is 0.0773. The van der Waals surface area contributed by atoms with Gasteiger partial charge in [-0.25, -0.2) is 0 Å². The van der Waals surface area contributed by atoms with Crippen LogP contribution in [0.25, 0.3) is 0 Å². The van der Waals surface area contributed by atoms with Crippen molar-refractivity contribution in [3.05, 3.63) is 0 Å². The molecule has 0 aromatic carbocycles. The van der Waals surface area contributed by atoms with Crippen molar-refractivity contribution in [3.63, 3.8) is 0 Å². The first-order valence-corrected chi connectivity index (χ1v) is 5.81. The van der Waals surface area contributed by atoms with Crippen LogP contribution in [0.3, 0.4) is 0 Å². The van der Waals surface area contributed by atoms with Gasteiger partial charge in [0.25, 0.3) is 0 Å². The summed E-state index contributed by atoms with van der Waals surface area (Å²) in [5.74, 6) is 0.826. The first-order valence-electron chi connectivity index (χ1n) is 4.76. The van der Waals surface area contributed by atoms with Gasteiger partial charge in [-0.3, -0.25) is 0 Å². The van der Waals surface area contributed by atoms with Crippen LogP contribution in [0.5, 0.6) is 0 Å². The summed E-state index contributed by atoms with van der Waals surface area (Å²) in [7, 11) is 0. The summed E-state index contributed by atoms with van der Waals surface area (Å²) in [5.41, 5.74) is 0. The van der Waals surface area contributed by atoms with E-state index in [1.807, 2.05) is 0 Å². The second-order valence-corrected chi connectivity index (χ2v) is 4.72. The minimum atomic E-state index is -1.55. The molecule has 0 bridgehead atoms. The Labute approximate surface area is 91.9 Å². The van der Waals surface area contributed by atoms with Crippen molar-refractivity contribution in [2.24, 2.45) is 0 Å². The highest BCUT2D eigenvalue weighted by Gasteiger charge is 2.35. The second kappa shape index (κ2) is 6.00. The van der Waals surface area contributed by atoms with Gasteiger partial charge in [0.15, 0.2) is 0 Å². The van der Waals surface area contributed by atoms with Gasteiger partial charge < -0.3 is 30.8 Å². The molecule has 0 aromatic heterocycles. The van der Waals surface area contributed by atoms with Crippen LogP contribution >= 0.6 is 11.8 Å². The molecule has 0 amide bonds. The predicted molar refractivity (Wildman–Crippen MR) is 55.4 cm³/mol. The Morgan fingerprint density at radius 2 is 1.87 bits per heavy atom. The Morgan fingerprint density at radius 1 is 1.20 bits per heavy atom. The van der Waals surface area contributed by atoms with E-state index in [0.717, 1.165) is 12.3 Å². The molecule has 0 spiro atoms. The van der Waals surface area contributed by atoms with Crippen LogP contribution < -0.4 is 5.32 Å². The fraction of sp³-hybridized carbons (Fsp3) is 1.00. The van der Waals surface area contributed by atoms with E-state index in [-0.39, 0.29) is 5.37 Å². The van der Waals surface area contributed by atoms with Crippen molar-refractivity contribution in [2.75, 3.05) is 18.9 Å². The lowest BCUT2D eigenvalue weighted by atomic mass is 10.0. The fourth-order valence-corrected chi connectivity index (χ4v) is 2.47. The van der Waals surface area contributed by atoms with Gasteiger partial charge in [0.05, 0.1) is 12.0 Å². The largest absolute Gasteiger partial charge is 0.394 e. The summed E-state index contributed by atoms with van der Waals surface area (Å²) in [4.78, 5) is 0. The minimum absolute atomic E-state index is 0.347. The van der Waals surface area contributed by atoms with E-state index in [9.17, 15) is 15.3 Å². The molecular weight excluding hydrogens is 222 g/mol. The van der Waals surface area contributed by atoms with Crippen LogP contribution in [-0.4, -0.2) is 74.2 Å².